The number of hydrogen-bond acceptors (Lipinski definition) is 6. The van der Waals surface area contributed by atoms with Crippen molar-refractivity contribution in [2.45, 2.75) is 116 Å². The molecule has 33 heavy (non-hydrogen) atoms. The van der Waals surface area contributed by atoms with Crippen LogP contribution in [0.4, 0.5) is 0 Å². The Labute approximate surface area is 202 Å². The summed E-state index contributed by atoms with van der Waals surface area (Å²) in [7, 11) is -2.01. The summed E-state index contributed by atoms with van der Waals surface area (Å²) >= 11 is 0. The third-order valence-electron chi connectivity index (χ3n) is 6.78. The van der Waals surface area contributed by atoms with Gasteiger partial charge in [0.05, 0.1) is 37.6 Å². The number of aliphatic hydroxyl groups excluding tert-OH is 1. The first-order chi connectivity index (χ1) is 15.3. The van der Waals surface area contributed by atoms with Crippen LogP contribution in [0.15, 0.2) is 24.3 Å². The van der Waals surface area contributed by atoms with E-state index in [0.29, 0.717) is 32.5 Å². The Balaban J connectivity index is 2.02. The fourth-order valence-electron chi connectivity index (χ4n) is 3.62. The molecule has 4 atom stereocenters. The standard InChI is InChI=1S/C26H45NO5Si/c1-25(2,3)33(6,7)32-23-17-22(20(28)13-11-9-8-10-12-16-27)31-21(23)14-15-24-29-18-26(4,5)19-30-24/h9,11,14-15,20-24,28H,8,10,12-13,17-19H2,1-7H3/b11-9+,15-14+/t20-,21+,22+,23+/m1/s1. The summed E-state index contributed by atoms with van der Waals surface area (Å²) in [6.45, 7) is 16.7. The molecular weight excluding hydrogens is 434 g/mol. The second-order valence-corrected chi connectivity index (χ2v) is 16.4. The summed E-state index contributed by atoms with van der Waals surface area (Å²) in [5, 5.41) is 19.5. The van der Waals surface area contributed by atoms with Crippen LogP contribution in [0.1, 0.15) is 66.7 Å². The van der Waals surface area contributed by atoms with Crippen LogP contribution in [-0.2, 0) is 18.6 Å². The van der Waals surface area contributed by atoms with E-state index in [9.17, 15) is 5.11 Å². The molecule has 6 nitrogen and oxygen atoms in total. The number of aliphatic hydroxyl groups is 1. The molecular formula is C26H45NO5Si. The van der Waals surface area contributed by atoms with Crippen LogP contribution in [0.5, 0.6) is 0 Å². The molecule has 0 unspecified atom stereocenters. The molecule has 2 aliphatic heterocycles. The molecule has 0 aliphatic carbocycles. The maximum absolute atomic E-state index is 10.8. The lowest BCUT2D eigenvalue weighted by molar-refractivity contribution is -0.197. The predicted molar refractivity (Wildman–Crippen MR) is 133 cm³/mol. The highest BCUT2D eigenvalue weighted by atomic mass is 28.4. The second-order valence-electron chi connectivity index (χ2n) is 11.7. The van der Waals surface area contributed by atoms with E-state index in [1.165, 1.54) is 0 Å². The lowest BCUT2D eigenvalue weighted by atomic mass is 9.96. The minimum Gasteiger partial charge on any atom is -0.411 e. The number of nitriles is 1. The van der Waals surface area contributed by atoms with Gasteiger partial charge in [0, 0.05) is 18.3 Å². The van der Waals surface area contributed by atoms with Crippen LogP contribution in [0, 0.1) is 16.7 Å². The molecule has 1 N–H and O–H groups in total. The van der Waals surface area contributed by atoms with Gasteiger partial charge in [0.25, 0.3) is 0 Å². The second kappa shape index (κ2) is 12.1. The average Bonchev–Trinajstić information content (AvgIpc) is 3.11. The highest BCUT2D eigenvalue weighted by Gasteiger charge is 2.45. The summed E-state index contributed by atoms with van der Waals surface area (Å²) in [6.07, 6.45) is 9.77. The third-order valence-corrected chi connectivity index (χ3v) is 11.3. The normalized spacial score (nSPS) is 27.9. The van der Waals surface area contributed by atoms with Crippen LogP contribution in [0.25, 0.3) is 0 Å². The molecule has 0 saturated carbocycles. The van der Waals surface area contributed by atoms with Gasteiger partial charge < -0.3 is 23.7 Å². The molecule has 0 aromatic rings. The largest absolute Gasteiger partial charge is 0.411 e. The van der Waals surface area contributed by atoms with Gasteiger partial charge in [-0.25, -0.2) is 0 Å². The number of hydrogen-bond donors (Lipinski definition) is 1. The lowest BCUT2D eigenvalue weighted by Crippen LogP contribution is -2.45. The van der Waals surface area contributed by atoms with Gasteiger partial charge in [0.2, 0.25) is 0 Å². The summed E-state index contributed by atoms with van der Waals surface area (Å²) in [4.78, 5) is 0. The molecule has 0 amide bonds. The monoisotopic (exact) mass is 479 g/mol. The van der Waals surface area contributed by atoms with Gasteiger partial charge in [-0.05, 0) is 43.5 Å². The van der Waals surface area contributed by atoms with E-state index in [0.717, 1.165) is 12.8 Å². The topological polar surface area (TPSA) is 80.9 Å². The predicted octanol–water partition coefficient (Wildman–Crippen LogP) is 5.49. The van der Waals surface area contributed by atoms with Crippen molar-refractivity contribution < 1.29 is 23.7 Å². The number of unbranched alkanes of at least 4 members (excludes halogenated alkanes) is 2. The van der Waals surface area contributed by atoms with Crippen molar-refractivity contribution in [3.8, 4) is 6.07 Å². The number of rotatable bonds is 10. The van der Waals surface area contributed by atoms with E-state index in [4.69, 9.17) is 23.9 Å². The Morgan fingerprint density at radius 2 is 1.85 bits per heavy atom. The van der Waals surface area contributed by atoms with Crippen molar-refractivity contribution in [1.29, 1.82) is 5.26 Å². The smallest absolute Gasteiger partial charge is 0.192 e. The van der Waals surface area contributed by atoms with Crippen molar-refractivity contribution in [1.82, 2.24) is 0 Å². The van der Waals surface area contributed by atoms with Gasteiger partial charge in [-0.2, -0.15) is 5.26 Å². The molecule has 0 spiro atoms. The maximum Gasteiger partial charge on any atom is 0.192 e. The number of ether oxygens (including phenoxy) is 3. The van der Waals surface area contributed by atoms with Crippen molar-refractivity contribution in [3.63, 3.8) is 0 Å². The molecule has 2 fully saturated rings. The van der Waals surface area contributed by atoms with Gasteiger partial charge >= 0.3 is 0 Å². The Hall–Kier alpha value is -1.01. The molecule has 0 bridgehead atoms. The first kappa shape index (κ1) is 28.2. The molecule has 2 saturated heterocycles. The first-order valence-corrected chi connectivity index (χ1v) is 15.2. The van der Waals surface area contributed by atoms with E-state index in [1.54, 1.807) is 0 Å². The van der Waals surface area contributed by atoms with Gasteiger partial charge in [-0.1, -0.05) is 52.8 Å². The molecule has 0 aromatic heterocycles. The summed E-state index contributed by atoms with van der Waals surface area (Å²) in [5.41, 5.74) is 0.0273. The molecule has 2 aliphatic rings. The van der Waals surface area contributed by atoms with E-state index in [-0.39, 0.29) is 35.1 Å². The van der Waals surface area contributed by atoms with E-state index < -0.39 is 14.4 Å². The van der Waals surface area contributed by atoms with Gasteiger partial charge in [-0.3, -0.25) is 0 Å². The minimum atomic E-state index is -2.01. The molecule has 2 heterocycles. The van der Waals surface area contributed by atoms with Crippen LogP contribution in [0.2, 0.25) is 18.1 Å². The minimum absolute atomic E-state index is 0.0273. The molecule has 188 valence electrons. The van der Waals surface area contributed by atoms with E-state index >= 15 is 0 Å². The zero-order chi connectivity index (χ0) is 24.7. The first-order valence-electron chi connectivity index (χ1n) is 12.3. The van der Waals surface area contributed by atoms with E-state index in [2.05, 4.69) is 53.8 Å². The zero-order valence-electron chi connectivity index (χ0n) is 21.7. The Morgan fingerprint density at radius 3 is 2.45 bits per heavy atom. The Bertz CT molecular complexity index is 696. The maximum atomic E-state index is 10.8. The summed E-state index contributed by atoms with van der Waals surface area (Å²) < 4.78 is 24.7. The Kier molecular flexibility index (Phi) is 10.3. The summed E-state index contributed by atoms with van der Waals surface area (Å²) in [5.74, 6) is 0. The third kappa shape index (κ3) is 8.93. The van der Waals surface area contributed by atoms with Crippen LogP contribution >= 0.6 is 0 Å². The fraction of sp³-hybridized carbons (Fsp3) is 0.808. The Morgan fingerprint density at radius 1 is 1.18 bits per heavy atom. The van der Waals surface area contributed by atoms with E-state index in [1.807, 2.05) is 24.3 Å². The van der Waals surface area contributed by atoms with Gasteiger partial charge in [0.15, 0.2) is 14.6 Å². The fourth-order valence-corrected chi connectivity index (χ4v) is 4.96. The van der Waals surface area contributed by atoms with Crippen molar-refractivity contribution >= 4 is 8.32 Å². The zero-order valence-corrected chi connectivity index (χ0v) is 22.7. The van der Waals surface area contributed by atoms with Gasteiger partial charge in [0.1, 0.15) is 6.10 Å². The van der Waals surface area contributed by atoms with Crippen LogP contribution < -0.4 is 0 Å². The molecule has 0 aromatic carbocycles. The highest BCUT2D eigenvalue weighted by molar-refractivity contribution is 6.74. The number of allylic oxidation sites excluding steroid dienone is 1. The summed E-state index contributed by atoms with van der Waals surface area (Å²) in [6, 6.07) is 2.15. The highest BCUT2D eigenvalue weighted by Crippen LogP contribution is 2.40. The van der Waals surface area contributed by atoms with Crippen molar-refractivity contribution in [2.24, 2.45) is 5.41 Å². The van der Waals surface area contributed by atoms with Crippen LogP contribution in [-0.4, -0.2) is 57.3 Å². The molecule has 2 rings (SSSR count). The number of nitrogens with zero attached hydrogens (tertiary/aromatic N) is 1. The lowest BCUT2D eigenvalue weighted by Gasteiger charge is -2.39. The average molecular weight is 480 g/mol. The molecule has 0 radical (unpaired) electrons. The molecule has 7 heteroatoms. The quantitative estimate of drug-likeness (QED) is 0.253. The SMILES string of the molecule is CC1(C)COC(/C=C/[C@@H]2O[C@H]([C@H](O)C/C=C/CCCC#N)C[C@@H]2O[Si](C)(C)C(C)(C)C)OC1. The van der Waals surface area contributed by atoms with Crippen molar-refractivity contribution in [3.05, 3.63) is 24.3 Å². The van der Waals surface area contributed by atoms with Crippen LogP contribution in [0.3, 0.4) is 0 Å². The van der Waals surface area contributed by atoms with Crippen molar-refractivity contribution in [2.75, 3.05) is 13.2 Å². The van der Waals surface area contributed by atoms with Gasteiger partial charge in [-0.15, -0.1) is 0 Å².